The molecule has 110 valence electrons. The maximum absolute atomic E-state index is 5.82. The van der Waals surface area contributed by atoms with Crippen LogP contribution in [0.3, 0.4) is 0 Å². The van der Waals surface area contributed by atoms with Crippen LogP contribution in [0.25, 0.3) is 11.4 Å². The van der Waals surface area contributed by atoms with E-state index in [9.17, 15) is 0 Å². The monoisotopic (exact) mass is 283 g/mol. The van der Waals surface area contributed by atoms with Gasteiger partial charge in [-0.15, -0.1) is 0 Å². The van der Waals surface area contributed by atoms with Gasteiger partial charge in [-0.1, -0.05) is 37.3 Å². The second-order valence-electron chi connectivity index (χ2n) is 5.46. The van der Waals surface area contributed by atoms with Gasteiger partial charge in [0.05, 0.1) is 6.61 Å². The van der Waals surface area contributed by atoms with Gasteiger partial charge in [-0.05, 0) is 25.2 Å². The third-order valence-electron chi connectivity index (χ3n) is 3.45. The van der Waals surface area contributed by atoms with Crippen molar-refractivity contribution in [2.45, 2.75) is 26.2 Å². The number of aromatic nitrogens is 2. The first-order valence-corrected chi connectivity index (χ1v) is 7.66. The summed E-state index contributed by atoms with van der Waals surface area (Å²) in [5, 5.41) is 3.32. The molecule has 0 bridgehead atoms. The molecule has 1 aliphatic rings. The van der Waals surface area contributed by atoms with Crippen LogP contribution in [-0.4, -0.2) is 23.1 Å². The molecule has 21 heavy (non-hydrogen) atoms. The summed E-state index contributed by atoms with van der Waals surface area (Å²) in [4.78, 5) is 9.12. The molecular weight excluding hydrogens is 262 g/mol. The van der Waals surface area contributed by atoms with Crippen LogP contribution in [0.4, 0.5) is 5.82 Å². The van der Waals surface area contributed by atoms with E-state index in [1.807, 2.05) is 36.4 Å². The zero-order valence-corrected chi connectivity index (χ0v) is 12.4. The average Bonchev–Trinajstić information content (AvgIpc) is 3.36. The summed E-state index contributed by atoms with van der Waals surface area (Å²) in [7, 11) is 0. The van der Waals surface area contributed by atoms with Gasteiger partial charge in [-0.2, -0.15) is 4.98 Å². The van der Waals surface area contributed by atoms with Gasteiger partial charge in [0, 0.05) is 18.2 Å². The Morgan fingerprint density at radius 2 is 2.00 bits per heavy atom. The van der Waals surface area contributed by atoms with Crippen molar-refractivity contribution in [3.05, 3.63) is 36.4 Å². The average molecular weight is 283 g/mol. The van der Waals surface area contributed by atoms with Gasteiger partial charge in [0.25, 0.3) is 0 Å². The van der Waals surface area contributed by atoms with E-state index >= 15 is 0 Å². The molecule has 1 heterocycles. The molecule has 0 atom stereocenters. The third kappa shape index (κ3) is 3.94. The molecule has 2 aromatic rings. The van der Waals surface area contributed by atoms with Crippen molar-refractivity contribution < 1.29 is 4.74 Å². The van der Waals surface area contributed by atoms with Crippen LogP contribution >= 0.6 is 0 Å². The molecule has 0 radical (unpaired) electrons. The Hall–Kier alpha value is -2.10. The summed E-state index contributed by atoms with van der Waals surface area (Å²) in [5.41, 5.74) is 1.01. The highest BCUT2D eigenvalue weighted by Gasteiger charge is 2.22. The summed E-state index contributed by atoms with van der Waals surface area (Å²) in [5.74, 6) is 2.92. The van der Waals surface area contributed by atoms with Gasteiger partial charge in [0.15, 0.2) is 5.82 Å². The van der Waals surface area contributed by atoms with Crippen molar-refractivity contribution in [2.75, 3.05) is 18.5 Å². The number of hydrogen-bond acceptors (Lipinski definition) is 4. The fraction of sp³-hybridized carbons (Fsp3) is 0.412. The normalized spacial score (nSPS) is 14.0. The molecule has 3 rings (SSSR count). The Labute approximate surface area is 125 Å². The van der Waals surface area contributed by atoms with E-state index in [-0.39, 0.29) is 0 Å². The lowest BCUT2D eigenvalue weighted by atomic mass is 10.2. The molecule has 0 amide bonds. The Kier molecular flexibility index (Phi) is 4.34. The summed E-state index contributed by atoms with van der Waals surface area (Å²) in [6.45, 7) is 3.79. The van der Waals surface area contributed by atoms with Crippen molar-refractivity contribution in [3.8, 4) is 17.3 Å². The third-order valence-corrected chi connectivity index (χ3v) is 3.45. The molecule has 1 aromatic heterocycles. The van der Waals surface area contributed by atoms with E-state index in [4.69, 9.17) is 4.74 Å². The number of nitrogens with zero attached hydrogens (tertiary/aromatic N) is 2. The lowest BCUT2D eigenvalue weighted by molar-refractivity contribution is 0.288. The molecule has 0 aliphatic heterocycles. The quantitative estimate of drug-likeness (QED) is 0.840. The Bertz CT molecular complexity index is 582. The fourth-order valence-electron chi connectivity index (χ4n) is 2.05. The maximum atomic E-state index is 5.82. The molecule has 0 saturated heterocycles. The minimum atomic E-state index is 0.661. The SMILES string of the molecule is CCCNc1cc(OCC2CC2)nc(-c2ccccc2)n1. The lowest BCUT2D eigenvalue weighted by Crippen LogP contribution is -2.07. The first kappa shape index (κ1) is 13.9. The van der Waals surface area contributed by atoms with Crippen molar-refractivity contribution in [3.63, 3.8) is 0 Å². The number of ether oxygens (including phenoxy) is 1. The zero-order valence-electron chi connectivity index (χ0n) is 12.4. The van der Waals surface area contributed by atoms with Crippen LogP contribution in [0, 0.1) is 5.92 Å². The number of nitrogens with one attached hydrogen (secondary N) is 1. The fourth-order valence-corrected chi connectivity index (χ4v) is 2.05. The van der Waals surface area contributed by atoms with Crippen LogP contribution in [0.2, 0.25) is 0 Å². The van der Waals surface area contributed by atoms with Gasteiger partial charge in [0.2, 0.25) is 5.88 Å². The molecular formula is C17H21N3O. The standard InChI is InChI=1S/C17H21N3O/c1-2-10-18-15-11-16(21-12-13-8-9-13)20-17(19-15)14-6-4-3-5-7-14/h3-7,11,13H,2,8-10,12H2,1H3,(H,18,19,20). The van der Waals surface area contributed by atoms with Crippen LogP contribution in [0.15, 0.2) is 36.4 Å². The van der Waals surface area contributed by atoms with Crippen molar-refractivity contribution in [2.24, 2.45) is 5.92 Å². The first-order valence-electron chi connectivity index (χ1n) is 7.66. The van der Waals surface area contributed by atoms with E-state index in [1.54, 1.807) is 0 Å². The van der Waals surface area contributed by atoms with Gasteiger partial charge < -0.3 is 10.1 Å². The van der Waals surface area contributed by atoms with Crippen LogP contribution < -0.4 is 10.1 Å². The van der Waals surface area contributed by atoms with Crippen LogP contribution in [0.1, 0.15) is 26.2 Å². The molecule has 4 heteroatoms. The Balaban J connectivity index is 1.84. The molecule has 1 N–H and O–H groups in total. The Morgan fingerprint density at radius 1 is 1.19 bits per heavy atom. The van der Waals surface area contributed by atoms with E-state index in [0.717, 1.165) is 31.0 Å². The van der Waals surface area contributed by atoms with Crippen molar-refractivity contribution in [1.29, 1.82) is 0 Å². The van der Waals surface area contributed by atoms with E-state index in [2.05, 4.69) is 22.2 Å². The molecule has 0 spiro atoms. The molecule has 0 unspecified atom stereocenters. The van der Waals surface area contributed by atoms with Gasteiger partial charge in [-0.25, -0.2) is 4.98 Å². The largest absolute Gasteiger partial charge is 0.477 e. The summed E-state index contributed by atoms with van der Waals surface area (Å²) >= 11 is 0. The van der Waals surface area contributed by atoms with E-state index in [0.29, 0.717) is 17.6 Å². The minimum Gasteiger partial charge on any atom is -0.477 e. The molecule has 1 aromatic carbocycles. The van der Waals surface area contributed by atoms with E-state index < -0.39 is 0 Å². The summed E-state index contributed by atoms with van der Waals surface area (Å²) in [6.07, 6.45) is 3.61. The lowest BCUT2D eigenvalue weighted by Gasteiger charge is -2.10. The Morgan fingerprint density at radius 3 is 2.71 bits per heavy atom. The van der Waals surface area contributed by atoms with Gasteiger partial charge in [-0.3, -0.25) is 0 Å². The molecule has 1 saturated carbocycles. The highest BCUT2D eigenvalue weighted by molar-refractivity contribution is 5.58. The predicted molar refractivity (Wildman–Crippen MR) is 84.5 cm³/mol. The van der Waals surface area contributed by atoms with Crippen molar-refractivity contribution in [1.82, 2.24) is 9.97 Å². The van der Waals surface area contributed by atoms with E-state index in [1.165, 1.54) is 12.8 Å². The number of anilines is 1. The maximum Gasteiger partial charge on any atom is 0.219 e. The zero-order chi connectivity index (χ0) is 14.5. The summed E-state index contributed by atoms with van der Waals surface area (Å²) < 4.78 is 5.82. The highest BCUT2D eigenvalue weighted by Crippen LogP contribution is 2.30. The first-order chi connectivity index (χ1) is 10.3. The van der Waals surface area contributed by atoms with Crippen LogP contribution in [-0.2, 0) is 0 Å². The van der Waals surface area contributed by atoms with Gasteiger partial charge >= 0.3 is 0 Å². The van der Waals surface area contributed by atoms with Gasteiger partial charge in [0.1, 0.15) is 5.82 Å². The highest BCUT2D eigenvalue weighted by atomic mass is 16.5. The molecule has 4 nitrogen and oxygen atoms in total. The minimum absolute atomic E-state index is 0.661. The topological polar surface area (TPSA) is 47.0 Å². The summed E-state index contributed by atoms with van der Waals surface area (Å²) in [6, 6.07) is 11.9. The number of hydrogen-bond donors (Lipinski definition) is 1. The number of benzene rings is 1. The molecule has 1 fully saturated rings. The second-order valence-corrected chi connectivity index (χ2v) is 5.46. The predicted octanol–water partition coefficient (Wildman–Crippen LogP) is 3.75. The second kappa shape index (κ2) is 6.57. The molecule has 1 aliphatic carbocycles. The van der Waals surface area contributed by atoms with Crippen molar-refractivity contribution >= 4 is 5.82 Å². The van der Waals surface area contributed by atoms with Crippen LogP contribution in [0.5, 0.6) is 5.88 Å². The smallest absolute Gasteiger partial charge is 0.219 e. The number of rotatable bonds is 7.